The SMILES string of the molecule is COC(=O)N[C@H]1[C@H](C(F)(F)F)CC=C2[C@@H]1CCC1=Cc3c(cnn3-c3ccc(F)cc3)C[C@@]12C. The number of fused-ring (bicyclic) bond motifs is 4. The van der Waals surface area contributed by atoms with Gasteiger partial charge in [0.15, 0.2) is 0 Å². The van der Waals surface area contributed by atoms with Crippen LogP contribution in [0.4, 0.5) is 22.4 Å². The molecule has 1 heterocycles. The number of ether oxygens (including phenoxy) is 1. The van der Waals surface area contributed by atoms with Crippen LogP contribution in [0.2, 0.25) is 0 Å². The molecule has 3 aliphatic carbocycles. The third kappa shape index (κ3) is 3.61. The molecule has 1 aromatic heterocycles. The molecule has 180 valence electrons. The Morgan fingerprint density at radius 3 is 2.68 bits per heavy atom. The summed E-state index contributed by atoms with van der Waals surface area (Å²) >= 11 is 0. The standard InChI is InChI=1S/C25H25F4N3O2/c1-24-12-14-13-30-32(17-6-4-16(26)5-7-17)21(14)11-15(24)3-8-18-19(24)9-10-20(25(27,28)29)22(18)31-23(33)34-2/h4-7,9,11,13,18,20,22H,3,8,10,12H2,1-2H3,(H,31,33)/t18-,20+,22+,24-/m0/s1. The molecule has 0 bridgehead atoms. The molecular weight excluding hydrogens is 450 g/mol. The molecule has 1 amide bonds. The van der Waals surface area contributed by atoms with Gasteiger partial charge in [0.2, 0.25) is 0 Å². The van der Waals surface area contributed by atoms with E-state index in [1.165, 1.54) is 12.1 Å². The van der Waals surface area contributed by atoms with Gasteiger partial charge in [0.1, 0.15) is 5.82 Å². The van der Waals surface area contributed by atoms with E-state index in [4.69, 9.17) is 0 Å². The Morgan fingerprint density at radius 2 is 2.00 bits per heavy atom. The molecule has 3 aliphatic rings. The van der Waals surface area contributed by atoms with Gasteiger partial charge in [0, 0.05) is 11.3 Å². The zero-order chi connectivity index (χ0) is 24.3. The molecule has 1 N–H and O–H groups in total. The summed E-state index contributed by atoms with van der Waals surface area (Å²) in [5.41, 5.74) is 4.24. The summed E-state index contributed by atoms with van der Waals surface area (Å²) in [4.78, 5) is 11.9. The Morgan fingerprint density at radius 1 is 1.26 bits per heavy atom. The summed E-state index contributed by atoms with van der Waals surface area (Å²) in [5.74, 6) is -2.42. The lowest BCUT2D eigenvalue weighted by atomic mass is 9.55. The van der Waals surface area contributed by atoms with E-state index in [0.717, 1.165) is 35.2 Å². The van der Waals surface area contributed by atoms with Crippen molar-refractivity contribution in [1.82, 2.24) is 15.1 Å². The molecule has 1 fully saturated rings. The molecule has 0 aliphatic heterocycles. The fourth-order valence-corrected chi connectivity index (χ4v) is 5.96. The predicted molar refractivity (Wildman–Crippen MR) is 118 cm³/mol. The van der Waals surface area contributed by atoms with Gasteiger partial charge in [-0.2, -0.15) is 18.3 Å². The molecule has 1 saturated carbocycles. The lowest BCUT2D eigenvalue weighted by Gasteiger charge is -2.51. The number of methoxy groups -OCH3 is 1. The zero-order valence-corrected chi connectivity index (χ0v) is 18.8. The van der Waals surface area contributed by atoms with E-state index in [2.05, 4.69) is 28.2 Å². The van der Waals surface area contributed by atoms with Crippen LogP contribution in [0.5, 0.6) is 0 Å². The van der Waals surface area contributed by atoms with Gasteiger partial charge in [0.25, 0.3) is 0 Å². The van der Waals surface area contributed by atoms with Crippen LogP contribution in [0.25, 0.3) is 11.8 Å². The van der Waals surface area contributed by atoms with Crippen molar-refractivity contribution in [3.05, 3.63) is 64.8 Å². The van der Waals surface area contributed by atoms with Gasteiger partial charge < -0.3 is 10.1 Å². The second-order valence-corrected chi connectivity index (χ2v) is 9.47. The Hall–Kier alpha value is -3.10. The number of nitrogens with one attached hydrogen (secondary N) is 1. The minimum Gasteiger partial charge on any atom is -0.453 e. The number of carbonyl (C=O) groups is 1. The maximum atomic E-state index is 13.9. The molecule has 0 unspecified atom stereocenters. The number of hydrogen-bond acceptors (Lipinski definition) is 3. The molecule has 9 heteroatoms. The van der Waals surface area contributed by atoms with E-state index in [-0.39, 0.29) is 12.2 Å². The number of alkyl carbamates (subject to hydrolysis) is 1. The lowest BCUT2D eigenvalue weighted by molar-refractivity contribution is -0.186. The molecule has 1 aromatic carbocycles. The monoisotopic (exact) mass is 475 g/mol. The van der Waals surface area contributed by atoms with Gasteiger partial charge in [0.05, 0.1) is 36.6 Å². The van der Waals surface area contributed by atoms with Crippen LogP contribution in [0.15, 0.2) is 47.7 Å². The van der Waals surface area contributed by atoms with E-state index in [1.807, 2.05) is 0 Å². The van der Waals surface area contributed by atoms with Gasteiger partial charge in [-0.05, 0) is 61.6 Å². The summed E-state index contributed by atoms with van der Waals surface area (Å²) in [5, 5.41) is 7.01. The maximum absolute atomic E-state index is 13.9. The van der Waals surface area contributed by atoms with E-state index in [1.54, 1.807) is 29.1 Å². The minimum atomic E-state index is -4.43. The number of benzene rings is 1. The summed E-state index contributed by atoms with van der Waals surface area (Å²) < 4.78 is 61.3. The number of halogens is 4. The molecule has 2 aromatic rings. The van der Waals surface area contributed by atoms with Crippen LogP contribution >= 0.6 is 0 Å². The highest BCUT2D eigenvalue weighted by atomic mass is 19.4. The van der Waals surface area contributed by atoms with Crippen molar-refractivity contribution in [2.75, 3.05) is 7.11 Å². The van der Waals surface area contributed by atoms with E-state index < -0.39 is 35.6 Å². The summed E-state index contributed by atoms with van der Waals surface area (Å²) in [7, 11) is 1.15. The number of aromatic nitrogens is 2. The highest BCUT2D eigenvalue weighted by Crippen LogP contribution is 2.57. The average molecular weight is 475 g/mol. The average Bonchev–Trinajstić information content (AvgIpc) is 3.19. The van der Waals surface area contributed by atoms with Gasteiger partial charge in [-0.25, -0.2) is 13.9 Å². The normalized spacial score (nSPS) is 28.1. The lowest BCUT2D eigenvalue weighted by Crippen LogP contribution is -2.55. The third-order valence-electron chi connectivity index (χ3n) is 7.63. The van der Waals surface area contributed by atoms with Crippen molar-refractivity contribution in [2.45, 2.75) is 44.8 Å². The van der Waals surface area contributed by atoms with Crippen molar-refractivity contribution in [2.24, 2.45) is 17.3 Å². The molecule has 5 nitrogen and oxygen atoms in total. The first-order valence-electron chi connectivity index (χ1n) is 11.3. The van der Waals surface area contributed by atoms with Crippen molar-refractivity contribution in [1.29, 1.82) is 0 Å². The smallest absolute Gasteiger partial charge is 0.407 e. The minimum absolute atomic E-state index is 0.186. The number of amides is 1. The Bertz CT molecular complexity index is 1180. The summed E-state index contributed by atoms with van der Waals surface area (Å²) in [6, 6.07) is 5.01. The van der Waals surface area contributed by atoms with E-state index in [9.17, 15) is 22.4 Å². The van der Waals surface area contributed by atoms with Crippen molar-refractivity contribution in [3.8, 4) is 5.69 Å². The van der Waals surface area contributed by atoms with Crippen molar-refractivity contribution >= 4 is 12.2 Å². The van der Waals surface area contributed by atoms with Crippen LogP contribution in [-0.4, -0.2) is 35.2 Å². The number of hydrogen-bond donors (Lipinski definition) is 1. The molecular formula is C25H25F4N3O2. The second kappa shape index (κ2) is 7.99. The fourth-order valence-electron chi connectivity index (χ4n) is 5.96. The molecule has 0 saturated heterocycles. The zero-order valence-electron chi connectivity index (χ0n) is 18.8. The number of alkyl halides is 3. The number of carbonyl (C=O) groups excluding carboxylic acids is 1. The Labute approximate surface area is 194 Å². The van der Waals surface area contributed by atoms with Gasteiger partial charge in [-0.1, -0.05) is 24.1 Å². The number of allylic oxidation sites excluding steroid dienone is 2. The van der Waals surface area contributed by atoms with Crippen LogP contribution in [0.1, 0.15) is 37.4 Å². The Kier molecular flexibility index (Phi) is 5.33. The maximum Gasteiger partial charge on any atom is 0.407 e. The second-order valence-electron chi connectivity index (χ2n) is 9.47. The third-order valence-corrected chi connectivity index (χ3v) is 7.63. The van der Waals surface area contributed by atoms with Crippen molar-refractivity contribution < 1.29 is 27.1 Å². The molecule has 0 spiro atoms. The summed E-state index contributed by atoms with van der Waals surface area (Å²) in [6.07, 6.45) is 1.82. The van der Waals surface area contributed by atoms with Gasteiger partial charge in [-0.3, -0.25) is 0 Å². The highest BCUT2D eigenvalue weighted by molar-refractivity contribution is 5.68. The molecule has 34 heavy (non-hydrogen) atoms. The van der Waals surface area contributed by atoms with E-state index in [0.29, 0.717) is 19.3 Å². The first kappa shape index (κ1) is 22.7. The largest absolute Gasteiger partial charge is 0.453 e. The van der Waals surface area contributed by atoms with Crippen LogP contribution in [0.3, 0.4) is 0 Å². The number of nitrogens with zero attached hydrogens (tertiary/aromatic N) is 2. The van der Waals surface area contributed by atoms with Crippen LogP contribution < -0.4 is 5.32 Å². The number of rotatable bonds is 2. The van der Waals surface area contributed by atoms with E-state index >= 15 is 0 Å². The topological polar surface area (TPSA) is 56.1 Å². The predicted octanol–water partition coefficient (Wildman–Crippen LogP) is 5.60. The fraction of sp³-hybridized carbons (Fsp3) is 0.440. The molecule has 5 rings (SSSR count). The Balaban J connectivity index is 1.52. The highest BCUT2D eigenvalue weighted by Gasteiger charge is 2.54. The van der Waals surface area contributed by atoms with Crippen molar-refractivity contribution in [3.63, 3.8) is 0 Å². The first-order valence-corrected chi connectivity index (χ1v) is 11.3. The van der Waals surface area contributed by atoms with Gasteiger partial charge in [-0.15, -0.1) is 0 Å². The van der Waals surface area contributed by atoms with Crippen LogP contribution in [-0.2, 0) is 11.2 Å². The van der Waals surface area contributed by atoms with Crippen LogP contribution in [0, 0.1) is 23.1 Å². The first-order chi connectivity index (χ1) is 16.1. The van der Waals surface area contributed by atoms with Gasteiger partial charge >= 0.3 is 12.3 Å². The quantitative estimate of drug-likeness (QED) is 0.455. The molecule has 0 radical (unpaired) electrons. The molecule has 4 atom stereocenters. The summed E-state index contributed by atoms with van der Waals surface area (Å²) in [6.45, 7) is 2.07.